The Bertz CT molecular complexity index is 845. The van der Waals surface area contributed by atoms with E-state index in [-0.39, 0.29) is 11.9 Å². The summed E-state index contributed by atoms with van der Waals surface area (Å²) in [5.41, 5.74) is 1.76. The molecule has 0 saturated heterocycles. The van der Waals surface area contributed by atoms with E-state index in [9.17, 15) is 4.79 Å². The van der Waals surface area contributed by atoms with Crippen molar-refractivity contribution in [3.63, 3.8) is 0 Å². The van der Waals surface area contributed by atoms with E-state index in [1.807, 2.05) is 56.4 Å². The fraction of sp³-hybridized carbons (Fsp3) is 0.263. The maximum Gasteiger partial charge on any atom is 0.282 e. The van der Waals surface area contributed by atoms with Crippen LogP contribution < -0.4 is 15.0 Å². The first kappa shape index (κ1) is 17.4. The Balaban J connectivity index is 1.64. The van der Waals surface area contributed by atoms with Crippen molar-refractivity contribution in [2.75, 3.05) is 19.5 Å². The van der Waals surface area contributed by atoms with Crippen LogP contribution in [0.3, 0.4) is 0 Å². The molecule has 1 aromatic heterocycles. The van der Waals surface area contributed by atoms with E-state index in [2.05, 4.69) is 16.4 Å². The zero-order valence-electron chi connectivity index (χ0n) is 14.6. The van der Waals surface area contributed by atoms with Gasteiger partial charge in [0.05, 0.1) is 24.4 Å². The number of rotatable bonds is 6. The normalized spacial score (nSPS) is 13.4. The lowest BCUT2D eigenvalue weighted by Gasteiger charge is -2.20. The Hall–Kier alpha value is -2.44. The van der Waals surface area contributed by atoms with Crippen LogP contribution in [0.15, 0.2) is 48.5 Å². The first-order valence-corrected chi connectivity index (χ1v) is 9.00. The zero-order valence-corrected chi connectivity index (χ0v) is 15.4. The van der Waals surface area contributed by atoms with E-state index in [0.29, 0.717) is 6.54 Å². The van der Waals surface area contributed by atoms with E-state index in [0.717, 1.165) is 26.9 Å². The minimum absolute atomic E-state index is 0.0214. The first-order valence-electron chi connectivity index (χ1n) is 8.18. The summed E-state index contributed by atoms with van der Waals surface area (Å²) in [5, 5.41) is 3.99. The van der Waals surface area contributed by atoms with Crippen molar-refractivity contribution in [3.8, 4) is 5.75 Å². The van der Waals surface area contributed by atoms with E-state index >= 15 is 0 Å². The van der Waals surface area contributed by atoms with Gasteiger partial charge in [-0.15, -0.1) is 11.3 Å². The summed E-state index contributed by atoms with van der Waals surface area (Å²) < 4.78 is 6.37. The molecule has 0 aliphatic rings. The number of ether oxygens (including phenoxy) is 1. The molecule has 0 spiro atoms. The number of hydrogen-bond acceptors (Lipinski definition) is 4. The number of anilines is 1. The van der Waals surface area contributed by atoms with Gasteiger partial charge in [0.1, 0.15) is 17.3 Å². The molecule has 2 aromatic carbocycles. The summed E-state index contributed by atoms with van der Waals surface area (Å²) in [6.07, 6.45) is 0. The second kappa shape index (κ2) is 7.63. The van der Waals surface area contributed by atoms with Crippen molar-refractivity contribution in [2.24, 2.45) is 0 Å². The van der Waals surface area contributed by atoms with Crippen molar-refractivity contribution < 1.29 is 14.4 Å². The Morgan fingerprint density at radius 3 is 2.84 bits per heavy atom. The molecule has 0 fully saturated rings. The lowest BCUT2D eigenvalue weighted by Crippen LogP contribution is -3.12. The number of quaternary nitrogens is 1. The number of amides is 1. The number of carbonyl (C=O) groups is 1. The second-order valence-electron chi connectivity index (χ2n) is 6.04. The molecule has 1 amide bonds. The van der Waals surface area contributed by atoms with Crippen molar-refractivity contribution >= 4 is 33.1 Å². The Morgan fingerprint density at radius 1 is 1.28 bits per heavy atom. The van der Waals surface area contributed by atoms with Gasteiger partial charge in [0.25, 0.3) is 5.91 Å². The highest BCUT2D eigenvalue weighted by Gasteiger charge is 2.23. The minimum atomic E-state index is -0.196. The van der Waals surface area contributed by atoms with Gasteiger partial charge in [-0.1, -0.05) is 18.2 Å². The maximum atomic E-state index is 12.5. The third-order valence-electron chi connectivity index (χ3n) is 4.24. The van der Waals surface area contributed by atoms with Crippen LogP contribution in [0.5, 0.6) is 5.75 Å². The number of carbonyl (C=O) groups excluding carboxylic acids is 1. The summed E-state index contributed by atoms with van der Waals surface area (Å²) in [6, 6.07) is 15.3. The summed E-state index contributed by atoms with van der Waals surface area (Å²) >= 11 is 1.68. The van der Waals surface area contributed by atoms with Crippen LogP contribution in [-0.4, -0.2) is 31.1 Å². The fourth-order valence-electron chi connectivity index (χ4n) is 2.56. The van der Waals surface area contributed by atoms with Crippen molar-refractivity contribution in [3.05, 3.63) is 53.5 Å². The molecule has 3 aromatic rings. The average Bonchev–Trinajstić information content (AvgIpc) is 3.03. The predicted octanol–water partition coefficient (Wildman–Crippen LogP) is 2.35. The third kappa shape index (κ3) is 4.15. The number of methoxy groups -OCH3 is 1. The molecule has 2 N–H and O–H groups in total. The quantitative estimate of drug-likeness (QED) is 0.713. The van der Waals surface area contributed by atoms with Gasteiger partial charge in [-0.2, -0.15) is 0 Å². The maximum absolute atomic E-state index is 12.5. The SMILES string of the molecule is COc1cccc(NC(=O)[C@H](C)[NH+](C)Cc2nc3ccccc3s2)c1. The number of nitrogens with one attached hydrogen (secondary N) is 2. The molecule has 0 radical (unpaired) electrons. The van der Waals surface area contributed by atoms with E-state index in [1.165, 1.54) is 4.70 Å². The van der Waals surface area contributed by atoms with Gasteiger partial charge in [0.2, 0.25) is 0 Å². The first-order chi connectivity index (χ1) is 12.1. The van der Waals surface area contributed by atoms with Crippen LogP contribution in [0.2, 0.25) is 0 Å². The van der Waals surface area contributed by atoms with Gasteiger partial charge >= 0.3 is 0 Å². The number of nitrogens with zero attached hydrogens (tertiary/aromatic N) is 1. The van der Waals surface area contributed by atoms with E-state index < -0.39 is 0 Å². The van der Waals surface area contributed by atoms with E-state index in [1.54, 1.807) is 18.4 Å². The zero-order chi connectivity index (χ0) is 17.8. The van der Waals surface area contributed by atoms with E-state index in [4.69, 9.17) is 4.74 Å². The van der Waals surface area contributed by atoms with Gasteiger partial charge < -0.3 is 15.0 Å². The molecule has 3 rings (SSSR count). The summed E-state index contributed by atoms with van der Waals surface area (Å²) in [6.45, 7) is 2.64. The molecule has 0 saturated carbocycles. The number of fused-ring (bicyclic) bond motifs is 1. The molecular formula is C19H22N3O2S+. The Morgan fingerprint density at radius 2 is 2.08 bits per heavy atom. The molecule has 130 valence electrons. The van der Waals surface area contributed by atoms with Crippen LogP contribution >= 0.6 is 11.3 Å². The highest BCUT2D eigenvalue weighted by atomic mass is 32.1. The number of thiazole rings is 1. The highest BCUT2D eigenvalue weighted by Crippen LogP contribution is 2.21. The molecular weight excluding hydrogens is 334 g/mol. The van der Waals surface area contributed by atoms with Crippen LogP contribution in [-0.2, 0) is 11.3 Å². The van der Waals surface area contributed by atoms with Crippen molar-refractivity contribution in [2.45, 2.75) is 19.5 Å². The van der Waals surface area contributed by atoms with Crippen LogP contribution in [0.25, 0.3) is 10.2 Å². The van der Waals surface area contributed by atoms with Gasteiger partial charge in [0.15, 0.2) is 6.04 Å². The average molecular weight is 356 g/mol. The molecule has 6 heteroatoms. The Labute approximate surface area is 151 Å². The number of benzene rings is 2. The molecule has 5 nitrogen and oxygen atoms in total. The lowest BCUT2D eigenvalue weighted by molar-refractivity contribution is -0.907. The summed E-state index contributed by atoms with van der Waals surface area (Å²) in [5.74, 6) is 0.701. The molecule has 1 unspecified atom stereocenters. The number of hydrogen-bond donors (Lipinski definition) is 2. The molecule has 0 aliphatic carbocycles. The van der Waals surface area contributed by atoms with Gasteiger partial charge in [-0.05, 0) is 31.2 Å². The number of para-hydroxylation sites is 1. The van der Waals surface area contributed by atoms with Gasteiger partial charge in [0, 0.05) is 11.8 Å². The molecule has 0 aliphatic heterocycles. The highest BCUT2D eigenvalue weighted by molar-refractivity contribution is 7.18. The smallest absolute Gasteiger partial charge is 0.282 e. The van der Waals surface area contributed by atoms with Crippen LogP contribution in [0.1, 0.15) is 11.9 Å². The second-order valence-corrected chi connectivity index (χ2v) is 7.16. The molecule has 25 heavy (non-hydrogen) atoms. The van der Waals surface area contributed by atoms with Gasteiger partial charge in [-0.25, -0.2) is 4.98 Å². The van der Waals surface area contributed by atoms with Crippen LogP contribution in [0.4, 0.5) is 5.69 Å². The van der Waals surface area contributed by atoms with Crippen LogP contribution in [0, 0.1) is 0 Å². The van der Waals surface area contributed by atoms with Crippen molar-refractivity contribution in [1.29, 1.82) is 0 Å². The summed E-state index contributed by atoms with van der Waals surface area (Å²) in [7, 11) is 3.63. The minimum Gasteiger partial charge on any atom is -0.497 e. The molecule has 1 heterocycles. The van der Waals surface area contributed by atoms with Crippen molar-refractivity contribution in [1.82, 2.24) is 4.98 Å². The molecule has 2 atom stereocenters. The third-order valence-corrected chi connectivity index (χ3v) is 5.27. The standard InChI is InChI=1S/C19H21N3O2S/c1-13(19(23)20-14-7-6-8-15(11-14)24-3)22(2)12-18-21-16-9-4-5-10-17(16)25-18/h4-11,13H,12H2,1-3H3,(H,20,23)/p+1/t13-/m0/s1. The monoisotopic (exact) mass is 356 g/mol. The summed E-state index contributed by atoms with van der Waals surface area (Å²) in [4.78, 5) is 18.3. The largest absolute Gasteiger partial charge is 0.497 e. The molecule has 0 bridgehead atoms. The van der Waals surface area contributed by atoms with Gasteiger partial charge in [-0.3, -0.25) is 4.79 Å². The lowest BCUT2D eigenvalue weighted by atomic mass is 10.2. The predicted molar refractivity (Wildman–Crippen MR) is 101 cm³/mol. The topological polar surface area (TPSA) is 55.7 Å². The number of likely N-dealkylation sites (N-methyl/N-ethyl adjacent to an activating group) is 1. The Kier molecular flexibility index (Phi) is 5.31. The number of aromatic nitrogens is 1. The fourth-order valence-corrected chi connectivity index (χ4v) is 3.62.